The Morgan fingerprint density at radius 3 is 2.59 bits per heavy atom. The van der Waals surface area contributed by atoms with Gasteiger partial charge in [-0.2, -0.15) is 0 Å². The van der Waals surface area contributed by atoms with Gasteiger partial charge >= 0.3 is 0 Å². The van der Waals surface area contributed by atoms with Gasteiger partial charge < -0.3 is 14.6 Å². The molecule has 0 atom stereocenters. The van der Waals surface area contributed by atoms with Crippen LogP contribution in [-0.4, -0.2) is 39.4 Å². The van der Waals surface area contributed by atoms with Gasteiger partial charge in [0.15, 0.2) is 0 Å². The smallest absolute Gasteiger partial charge is 0.297 e. The standard InChI is InChI=1S/C26H26N4O4/c1-29(19-7-3-2-4-8-19)25(32)17-11-13-18(14-12-17)28-22(31)15-30-16-27-23-20-9-5-6-10-21(20)34-24(23)26(30)33/h5-6,9-14,16,19H,2-4,7-8,15H2,1H3,(H,28,31). The third-order valence-electron chi connectivity index (χ3n) is 6.52. The highest BCUT2D eigenvalue weighted by Crippen LogP contribution is 2.25. The second-order valence-electron chi connectivity index (χ2n) is 8.79. The van der Waals surface area contributed by atoms with E-state index in [-0.39, 0.29) is 30.0 Å². The van der Waals surface area contributed by atoms with Crippen LogP contribution in [0, 0.1) is 0 Å². The molecule has 0 radical (unpaired) electrons. The zero-order valence-corrected chi connectivity index (χ0v) is 19.0. The van der Waals surface area contributed by atoms with Gasteiger partial charge in [0.25, 0.3) is 11.5 Å². The van der Waals surface area contributed by atoms with Crippen molar-refractivity contribution < 1.29 is 14.0 Å². The lowest BCUT2D eigenvalue weighted by atomic mass is 9.94. The molecule has 1 fully saturated rings. The highest BCUT2D eigenvalue weighted by Gasteiger charge is 2.23. The van der Waals surface area contributed by atoms with Gasteiger partial charge in [0.2, 0.25) is 11.5 Å². The van der Waals surface area contributed by atoms with Gasteiger partial charge in [0.1, 0.15) is 17.6 Å². The Balaban J connectivity index is 1.26. The molecular formula is C26H26N4O4. The van der Waals surface area contributed by atoms with E-state index in [1.165, 1.54) is 17.3 Å². The summed E-state index contributed by atoms with van der Waals surface area (Å²) in [6, 6.07) is 14.4. The number of anilines is 1. The Hall–Kier alpha value is -3.94. The number of para-hydroxylation sites is 1. The molecule has 5 rings (SSSR count). The highest BCUT2D eigenvalue weighted by molar-refractivity contribution is 6.02. The predicted octanol–water partition coefficient (Wildman–Crippen LogP) is 4.19. The molecule has 4 aromatic rings. The van der Waals surface area contributed by atoms with Crippen LogP contribution in [0.15, 0.2) is 64.1 Å². The number of fused-ring (bicyclic) bond motifs is 3. The first-order valence-corrected chi connectivity index (χ1v) is 11.5. The van der Waals surface area contributed by atoms with Gasteiger partial charge in [0, 0.05) is 29.7 Å². The Morgan fingerprint density at radius 1 is 1.09 bits per heavy atom. The summed E-state index contributed by atoms with van der Waals surface area (Å²) in [4.78, 5) is 44.3. The fourth-order valence-corrected chi connectivity index (χ4v) is 4.62. The van der Waals surface area contributed by atoms with Crippen molar-refractivity contribution >= 4 is 39.6 Å². The van der Waals surface area contributed by atoms with E-state index in [9.17, 15) is 14.4 Å². The molecule has 0 aliphatic heterocycles. The lowest BCUT2D eigenvalue weighted by Crippen LogP contribution is -2.38. The molecule has 1 aliphatic carbocycles. The van der Waals surface area contributed by atoms with Crippen LogP contribution in [0.4, 0.5) is 5.69 Å². The molecule has 1 saturated carbocycles. The van der Waals surface area contributed by atoms with Crippen LogP contribution in [0.1, 0.15) is 42.5 Å². The van der Waals surface area contributed by atoms with E-state index in [0.29, 0.717) is 22.4 Å². The first-order chi connectivity index (χ1) is 16.5. The lowest BCUT2D eigenvalue weighted by Gasteiger charge is -2.31. The quantitative estimate of drug-likeness (QED) is 0.484. The molecule has 0 unspecified atom stereocenters. The summed E-state index contributed by atoms with van der Waals surface area (Å²) in [7, 11) is 1.86. The molecule has 1 aliphatic rings. The second-order valence-corrected chi connectivity index (χ2v) is 8.79. The van der Waals surface area contributed by atoms with Crippen molar-refractivity contribution in [3.05, 3.63) is 70.8 Å². The van der Waals surface area contributed by atoms with E-state index < -0.39 is 5.56 Å². The summed E-state index contributed by atoms with van der Waals surface area (Å²) in [6.07, 6.45) is 7.01. The van der Waals surface area contributed by atoms with Crippen LogP contribution >= 0.6 is 0 Å². The predicted molar refractivity (Wildman–Crippen MR) is 130 cm³/mol. The maximum Gasteiger partial charge on any atom is 0.297 e. The Morgan fingerprint density at radius 2 is 1.82 bits per heavy atom. The van der Waals surface area contributed by atoms with Crippen molar-refractivity contribution in [3.8, 4) is 0 Å². The number of carbonyl (C=O) groups excluding carboxylic acids is 2. The molecule has 1 N–H and O–H groups in total. The van der Waals surface area contributed by atoms with Gasteiger partial charge in [0.05, 0.1) is 6.33 Å². The van der Waals surface area contributed by atoms with E-state index >= 15 is 0 Å². The molecule has 174 valence electrons. The number of hydrogen-bond donors (Lipinski definition) is 1. The Bertz CT molecular complexity index is 1410. The van der Waals surface area contributed by atoms with Gasteiger partial charge in [-0.1, -0.05) is 31.4 Å². The van der Waals surface area contributed by atoms with Crippen molar-refractivity contribution in [1.82, 2.24) is 14.5 Å². The minimum atomic E-state index is -0.414. The monoisotopic (exact) mass is 458 g/mol. The zero-order chi connectivity index (χ0) is 23.7. The fourth-order valence-electron chi connectivity index (χ4n) is 4.62. The third-order valence-corrected chi connectivity index (χ3v) is 6.52. The number of furan rings is 1. The van der Waals surface area contributed by atoms with Crippen molar-refractivity contribution in [2.75, 3.05) is 12.4 Å². The van der Waals surface area contributed by atoms with Gasteiger partial charge in [-0.15, -0.1) is 0 Å². The number of nitrogens with zero attached hydrogens (tertiary/aromatic N) is 3. The molecule has 2 aromatic carbocycles. The van der Waals surface area contributed by atoms with Crippen LogP contribution < -0.4 is 10.9 Å². The number of benzene rings is 2. The summed E-state index contributed by atoms with van der Waals surface area (Å²) in [6.45, 7) is -0.204. The van der Waals surface area contributed by atoms with E-state index in [0.717, 1.165) is 31.1 Å². The van der Waals surface area contributed by atoms with Crippen LogP contribution in [0.2, 0.25) is 0 Å². The Kier molecular flexibility index (Phi) is 5.88. The number of amides is 2. The van der Waals surface area contributed by atoms with Crippen molar-refractivity contribution in [2.24, 2.45) is 0 Å². The average Bonchev–Trinajstić information content (AvgIpc) is 3.25. The molecule has 0 spiro atoms. The third kappa shape index (κ3) is 4.19. The van der Waals surface area contributed by atoms with Crippen LogP contribution in [0.3, 0.4) is 0 Å². The molecule has 0 bridgehead atoms. The molecule has 2 heterocycles. The molecule has 34 heavy (non-hydrogen) atoms. The summed E-state index contributed by atoms with van der Waals surface area (Å²) in [5.74, 6) is -0.390. The largest absolute Gasteiger partial charge is 0.448 e. The Labute approximate surface area is 196 Å². The van der Waals surface area contributed by atoms with Crippen LogP contribution in [0.5, 0.6) is 0 Å². The molecule has 8 nitrogen and oxygen atoms in total. The highest BCUT2D eigenvalue weighted by atomic mass is 16.3. The van der Waals surface area contributed by atoms with E-state index in [1.54, 1.807) is 30.3 Å². The van der Waals surface area contributed by atoms with Gasteiger partial charge in [-0.3, -0.25) is 19.0 Å². The SMILES string of the molecule is CN(C(=O)c1ccc(NC(=O)Cn2cnc3c(oc4ccccc43)c2=O)cc1)C1CCCCC1. The first kappa shape index (κ1) is 21.9. The molecule has 0 saturated heterocycles. The summed E-state index contributed by atoms with van der Waals surface area (Å²) >= 11 is 0. The van der Waals surface area contributed by atoms with Crippen molar-refractivity contribution in [2.45, 2.75) is 44.7 Å². The number of hydrogen-bond acceptors (Lipinski definition) is 5. The summed E-state index contributed by atoms with van der Waals surface area (Å²) in [5.41, 5.74) is 1.91. The second kappa shape index (κ2) is 9.13. The number of nitrogens with one attached hydrogen (secondary N) is 1. The molecular weight excluding hydrogens is 432 g/mol. The molecule has 2 amide bonds. The number of aromatic nitrogens is 2. The molecule has 2 aromatic heterocycles. The van der Waals surface area contributed by atoms with Crippen LogP contribution in [-0.2, 0) is 11.3 Å². The number of carbonyl (C=O) groups is 2. The lowest BCUT2D eigenvalue weighted by molar-refractivity contribution is -0.116. The van der Waals surface area contributed by atoms with Gasteiger partial charge in [-0.25, -0.2) is 4.98 Å². The van der Waals surface area contributed by atoms with E-state index in [1.807, 2.05) is 30.1 Å². The van der Waals surface area contributed by atoms with Crippen LogP contribution in [0.25, 0.3) is 22.1 Å². The van der Waals surface area contributed by atoms with E-state index in [2.05, 4.69) is 10.3 Å². The zero-order valence-electron chi connectivity index (χ0n) is 19.0. The number of rotatable bonds is 5. The summed E-state index contributed by atoms with van der Waals surface area (Å²) < 4.78 is 6.88. The minimum Gasteiger partial charge on any atom is -0.448 e. The maximum atomic E-state index is 12.8. The normalized spacial score (nSPS) is 14.4. The van der Waals surface area contributed by atoms with Gasteiger partial charge in [-0.05, 0) is 49.2 Å². The van der Waals surface area contributed by atoms with Crippen molar-refractivity contribution in [3.63, 3.8) is 0 Å². The average molecular weight is 459 g/mol. The first-order valence-electron chi connectivity index (χ1n) is 11.5. The molecule has 8 heteroatoms. The van der Waals surface area contributed by atoms with Crippen molar-refractivity contribution in [1.29, 1.82) is 0 Å². The van der Waals surface area contributed by atoms with E-state index in [4.69, 9.17) is 4.42 Å². The fraction of sp³-hybridized carbons (Fsp3) is 0.308. The maximum absolute atomic E-state index is 12.8. The topological polar surface area (TPSA) is 97.4 Å². The summed E-state index contributed by atoms with van der Waals surface area (Å²) in [5, 5.41) is 3.53. The minimum absolute atomic E-state index is 0.0125.